The topological polar surface area (TPSA) is 55.1 Å². The zero-order chi connectivity index (χ0) is 14.0. The Balaban J connectivity index is 2.28. The van der Waals surface area contributed by atoms with E-state index in [0.29, 0.717) is 16.3 Å². The average molecular weight is 279 g/mol. The van der Waals surface area contributed by atoms with E-state index in [1.807, 2.05) is 0 Å². The smallest absolute Gasteiger partial charge is 0.257 e. The number of hydrogen-bond acceptors (Lipinski definition) is 2. The molecule has 0 radical (unpaired) electrons. The standard InChI is InChI=1S/C14H12ClFN2O/c1-8-2-4-10(16)7-13(8)18-14(19)11-5-3-9(15)6-12(11)17/h2-7H,17H2,1H3,(H,18,19). The molecule has 0 aromatic heterocycles. The van der Waals surface area contributed by atoms with Gasteiger partial charge in [-0.05, 0) is 42.8 Å². The van der Waals surface area contributed by atoms with Crippen LogP contribution in [-0.2, 0) is 0 Å². The Hall–Kier alpha value is -2.07. The van der Waals surface area contributed by atoms with Crippen molar-refractivity contribution in [3.63, 3.8) is 0 Å². The maximum atomic E-state index is 13.1. The fraction of sp³-hybridized carbons (Fsp3) is 0.0714. The maximum Gasteiger partial charge on any atom is 0.257 e. The predicted octanol–water partition coefficient (Wildman–Crippen LogP) is 3.62. The second kappa shape index (κ2) is 5.28. The van der Waals surface area contributed by atoms with E-state index in [0.717, 1.165) is 5.56 Å². The number of benzene rings is 2. The molecule has 5 heteroatoms. The Morgan fingerprint density at radius 1 is 1.26 bits per heavy atom. The van der Waals surface area contributed by atoms with Gasteiger partial charge in [0.2, 0.25) is 0 Å². The lowest BCUT2D eigenvalue weighted by molar-refractivity contribution is 0.102. The summed E-state index contributed by atoms with van der Waals surface area (Å²) in [5.74, 6) is -0.812. The Kier molecular flexibility index (Phi) is 3.71. The van der Waals surface area contributed by atoms with Crippen LogP contribution in [0.3, 0.4) is 0 Å². The van der Waals surface area contributed by atoms with E-state index >= 15 is 0 Å². The van der Waals surface area contributed by atoms with E-state index < -0.39 is 11.7 Å². The predicted molar refractivity (Wildman–Crippen MR) is 75.0 cm³/mol. The molecule has 2 aromatic rings. The number of carbonyl (C=O) groups is 1. The summed E-state index contributed by atoms with van der Waals surface area (Å²) in [6, 6.07) is 8.79. The Labute approximate surface area is 115 Å². The molecule has 0 saturated carbocycles. The number of aryl methyl sites for hydroxylation is 1. The molecular weight excluding hydrogens is 267 g/mol. The highest BCUT2D eigenvalue weighted by molar-refractivity contribution is 6.31. The zero-order valence-corrected chi connectivity index (χ0v) is 11.0. The first kappa shape index (κ1) is 13.4. The van der Waals surface area contributed by atoms with Crippen molar-refractivity contribution in [2.45, 2.75) is 6.92 Å². The highest BCUT2D eigenvalue weighted by Gasteiger charge is 2.11. The molecule has 0 spiro atoms. The van der Waals surface area contributed by atoms with Gasteiger partial charge in [0.05, 0.1) is 5.56 Å². The van der Waals surface area contributed by atoms with Crippen LogP contribution < -0.4 is 11.1 Å². The number of nitrogens with one attached hydrogen (secondary N) is 1. The number of nitrogen functional groups attached to an aromatic ring is 1. The number of hydrogen-bond donors (Lipinski definition) is 2. The van der Waals surface area contributed by atoms with Crippen LogP contribution in [0, 0.1) is 12.7 Å². The molecule has 0 saturated heterocycles. The van der Waals surface area contributed by atoms with Gasteiger partial charge >= 0.3 is 0 Å². The minimum Gasteiger partial charge on any atom is -0.398 e. The van der Waals surface area contributed by atoms with Crippen molar-refractivity contribution in [2.75, 3.05) is 11.1 Å². The molecule has 0 aliphatic heterocycles. The molecule has 0 bridgehead atoms. The van der Waals surface area contributed by atoms with Crippen LogP contribution in [0.5, 0.6) is 0 Å². The first-order chi connectivity index (χ1) is 8.97. The lowest BCUT2D eigenvalue weighted by Crippen LogP contribution is -2.14. The van der Waals surface area contributed by atoms with Gasteiger partial charge in [-0.1, -0.05) is 17.7 Å². The second-order valence-electron chi connectivity index (χ2n) is 4.14. The van der Waals surface area contributed by atoms with Crippen molar-refractivity contribution in [3.05, 3.63) is 58.4 Å². The van der Waals surface area contributed by atoms with Crippen LogP contribution in [0.25, 0.3) is 0 Å². The molecule has 19 heavy (non-hydrogen) atoms. The summed E-state index contributed by atoms with van der Waals surface area (Å²) in [6.07, 6.45) is 0. The average Bonchev–Trinajstić information content (AvgIpc) is 2.33. The minimum atomic E-state index is -0.412. The van der Waals surface area contributed by atoms with Crippen LogP contribution in [0.15, 0.2) is 36.4 Å². The third-order valence-corrected chi connectivity index (χ3v) is 2.94. The number of rotatable bonds is 2. The number of carbonyl (C=O) groups excluding carboxylic acids is 1. The van der Waals surface area contributed by atoms with Crippen LogP contribution in [0.4, 0.5) is 15.8 Å². The molecule has 0 aliphatic rings. The lowest BCUT2D eigenvalue weighted by atomic mass is 10.1. The fourth-order valence-corrected chi connectivity index (χ4v) is 1.84. The van der Waals surface area contributed by atoms with E-state index in [4.69, 9.17) is 17.3 Å². The van der Waals surface area contributed by atoms with Crippen LogP contribution >= 0.6 is 11.6 Å². The summed E-state index contributed by atoms with van der Waals surface area (Å²) in [5.41, 5.74) is 7.48. The molecule has 2 rings (SSSR count). The van der Waals surface area contributed by atoms with Gasteiger partial charge in [-0.2, -0.15) is 0 Å². The van der Waals surface area contributed by atoms with E-state index in [-0.39, 0.29) is 5.69 Å². The summed E-state index contributed by atoms with van der Waals surface area (Å²) in [5, 5.41) is 3.08. The number of halogens is 2. The number of amides is 1. The maximum absolute atomic E-state index is 13.1. The summed E-state index contributed by atoms with van der Waals surface area (Å²) >= 11 is 5.77. The largest absolute Gasteiger partial charge is 0.398 e. The van der Waals surface area contributed by atoms with Gasteiger partial charge in [-0.25, -0.2) is 4.39 Å². The summed E-state index contributed by atoms with van der Waals surface area (Å²) in [7, 11) is 0. The quantitative estimate of drug-likeness (QED) is 0.824. The van der Waals surface area contributed by atoms with Crippen molar-refractivity contribution in [2.24, 2.45) is 0 Å². The minimum absolute atomic E-state index is 0.277. The van der Waals surface area contributed by atoms with Crippen molar-refractivity contribution in [1.82, 2.24) is 0 Å². The normalized spacial score (nSPS) is 10.3. The van der Waals surface area contributed by atoms with E-state index in [2.05, 4.69) is 5.32 Å². The van der Waals surface area contributed by atoms with Gasteiger partial charge in [0.1, 0.15) is 5.82 Å². The molecule has 0 aliphatic carbocycles. The van der Waals surface area contributed by atoms with Crippen molar-refractivity contribution < 1.29 is 9.18 Å². The molecule has 3 N–H and O–H groups in total. The third-order valence-electron chi connectivity index (χ3n) is 2.71. The molecule has 3 nitrogen and oxygen atoms in total. The van der Waals surface area contributed by atoms with Gasteiger partial charge in [-0.15, -0.1) is 0 Å². The van der Waals surface area contributed by atoms with Crippen molar-refractivity contribution >= 4 is 28.9 Å². The van der Waals surface area contributed by atoms with Gasteiger partial charge in [0.15, 0.2) is 0 Å². The highest BCUT2D eigenvalue weighted by atomic mass is 35.5. The SMILES string of the molecule is Cc1ccc(F)cc1NC(=O)c1ccc(Cl)cc1N. The van der Waals surface area contributed by atoms with Gasteiger partial charge in [-0.3, -0.25) is 4.79 Å². The molecule has 2 aromatic carbocycles. The molecular formula is C14H12ClFN2O. The van der Waals surface area contributed by atoms with Crippen molar-refractivity contribution in [3.8, 4) is 0 Å². The molecule has 98 valence electrons. The number of nitrogens with two attached hydrogens (primary N) is 1. The summed E-state index contributed by atoms with van der Waals surface area (Å²) in [6.45, 7) is 1.78. The monoisotopic (exact) mass is 278 g/mol. The Bertz CT molecular complexity index is 643. The third kappa shape index (κ3) is 3.03. The van der Waals surface area contributed by atoms with Crippen LogP contribution in [0.2, 0.25) is 5.02 Å². The first-order valence-corrected chi connectivity index (χ1v) is 5.97. The van der Waals surface area contributed by atoms with Gasteiger partial charge in [0, 0.05) is 16.4 Å². The number of anilines is 2. The molecule has 0 heterocycles. The van der Waals surface area contributed by atoms with E-state index in [9.17, 15) is 9.18 Å². The molecule has 0 unspecified atom stereocenters. The fourth-order valence-electron chi connectivity index (χ4n) is 1.66. The molecule has 0 atom stereocenters. The second-order valence-corrected chi connectivity index (χ2v) is 4.58. The summed E-state index contributed by atoms with van der Waals surface area (Å²) < 4.78 is 13.1. The first-order valence-electron chi connectivity index (χ1n) is 5.60. The van der Waals surface area contributed by atoms with Gasteiger partial charge < -0.3 is 11.1 Å². The van der Waals surface area contributed by atoms with E-state index in [1.54, 1.807) is 19.1 Å². The summed E-state index contributed by atoms with van der Waals surface area (Å²) in [4.78, 5) is 12.1. The Morgan fingerprint density at radius 3 is 2.68 bits per heavy atom. The lowest BCUT2D eigenvalue weighted by Gasteiger charge is -2.10. The van der Waals surface area contributed by atoms with Gasteiger partial charge in [0.25, 0.3) is 5.91 Å². The molecule has 1 amide bonds. The van der Waals surface area contributed by atoms with Crippen LogP contribution in [0.1, 0.15) is 15.9 Å². The zero-order valence-electron chi connectivity index (χ0n) is 10.2. The van der Waals surface area contributed by atoms with E-state index in [1.165, 1.54) is 24.3 Å². The van der Waals surface area contributed by atoms with Crippen molar-refractivity contribution in [1.29, 1.82) is 0 Å². The van der Waals surface area contributed by atoms with Crippen LogP contribution in [-0.4, -0.2) is 5.91 Å². The molecule has 0 fully saturated rings. The highest BCUT2D eigenvalue weighted by Crippen LogP contribution is 2.21. The Morgan fingerprint density at radius 2 is 2.00 bits per heavy atom.